The molecular weight excluding hydrogens is 406 g/mol. The Balaban J connectivity index is 1.64. The standard InChI is InChI=1S/C23H12F6O/c24-19-12-17(7-8-18(19)15-10-20(25)22(27)21(26)11-15)30-23(28,29)16-6-5-13-3-1-2-4-14(13)9-16/h1-12H. The highest BCUT2D eigenvalue weighted by atomic mass is 19.3. The molecule has 0 aromatic heterocycles. The largest absolute Gasteiger partial charge is 0.429 e. The average Bonchev–Trinajstić information content (AvgIpc) is 2.71. The molecule has 0 saturated heterocycles. The Hall–Kier alpha value is -3.48. The Labute approximate surface area is 167 Å². The highest BCUT2D eigenvalue weighted by Crippen LogP contribution is 2.35. The van der Waals surface area contributed by atoms with Crippen molar-refractivity contribution in [1.82, 2.24) is 0 Å². The number of ether oxygens (including phenoxy) is 1. The summed E-state index contributed by atoms with van der Waals surface area (Å²) >= 11 is 0. The van der Waals surface area contributed by atoms with Gasteiger partial charge in [0.05, 0.1) is 5.56 Å². The SMILES string of the molecule is Fc1cc(OC(F)(F)c2ccc3ccccc3c2)ccc1-c1cc(F)c(F)c(F)c1. The molecule has 0 aliphatic rings. The maximum Gasteiger partial charge on any atom is 0.426 e. The molecule has 30 heavy (non-hydrogen) atoms. The lowest BCUT2D eigenvalue weighted by Gasteiger charge is -2.19. The van der Waals surface area contributed by atoms with E-state index in [4.69, 9.17) is 4.74 Å². The summed E-state index contributed by atoms with van der Waals surface area (Å²) in [5, 5.41) is 1.35. The Bertz CT molecular complexity index is 1230. The molecule has 0 bridgehead atoms. The second kappa shape index (κ2) is 7.40. The van der Waals surface area contributed by atoms with Gasteiger partial charge in [-0.15, -0.1) is 0 Å². The molecule has 0 heterocycles. The van der Waals surface area contributed by atoms with Crippen molar-refractivity contribution < 1.29 is 31.1 Å². The number of benzene rings is 4. The minimum Gasteiger partial charge on any atom is -0.429 e. The molecular formula is C23H12F6O. The van der Waals surface area contributed by atoms with E-state index < -0.39 is 40.7 Å². The van der Waals surface area contributed by atoms with E-state index >= 15 is 0 Å². The van der Waals surface area contributed by atoms with Crippen molar-refractivity contribution in [3.05, 3.63) is 102 Å². The number of alkyl halides is 2. The fourth-order valence-corrected chi connectivity index (χ4v) is 3.08. The van der Waals surface area contributed by atoms with E-state index in [9.17, 15) is 26.3 Å². The van der Waals surface area contributed by atoms with Crippen LogP contribution in [0.4, 0.5) is 26.3 Å². The first-order valence-corrected chi connectivity index (χ1v) is 8.75. The fourth-order valence-electron chi connectivity index (χ4n) is 3.08. The van der Waals surface area contributed by atoms with Gasteiger partial charge in [0.1, 0.15) is 11.6 Å². The molecule has 0 saturated carbocycles. The predicted molar refractivity (Wildman–Crippen MR) is 100 cm³/mol. The van der Waals surface area contributed by atoms with Gasteiger partial charge in [0, 0.05) is 11.6 Å². The van der Waals surface area contributed by atoms with Crippen molar-refractivity contribution in [2.45, 2.75) is 6.11 Å². The van der Waals surface area contributed by atoms with Crippen LogP contribution in [-0.2, 0) is 6.11 Å². The van der Waals surface area contributed by atoms with Gasteiger partial charge in [0.15, 0.2) is 17.5 Å². The topological polar surface area (TPSA) is 9.23 Å². The third kappa shape index (κ3) is 3.70. The molecule has 4 aromatic carbocycles. The van der Waals surface area contributed by atoms with Crippen LogP contribution >= 0.6 is 0 Å². The molecule has 0 aliphatic carbocycles. The minimum absolute atomic E-state index is 0.281. The van der Waals surface area contributed by atoms with Crippen molar-refractivity contribution in [3.8, 4) is 16.9 Å². The van der Waals surface area contributed by atoms with Crippen LogP contribution in [0.3, 0.4) is 0 Å². The van der Waals surface area contributed by atoms with Crippen LogP contribution in [0, 0.1) is 23.3 Å². The summed E-state index contributed by atoms with van der Waals surface area (Å²) in [7, 11) is 0. The molecule has 0 amide bonds. The monoisotopic (exact) mass is 418 g/mol. The molecule has 4 aromatic rings. The molecule has 4 rings (SSSR count). The Kier molecular flexibility index (Phi) is 4.89. The average molecular weight is 418 g/mol. The van der Waals surface area contributed by atoms with Gasteiger partial charge in [-0.3, -0.25) is 0 Å². The summed E-state index contributed by atoms with van der Waals surface area (Å²) < 4.78 is 88.2. The van der Waals surface area contributed by atoms with Crippen LogP contribution in [0.5, 0.6) is 5.75 Å². The van der Waals surface area contributed by atoms with Crippen LogP contribution in [0.25, 0.3) is 21.9 Å². The van der Waals surface area contributed by atoms with Gasteiger partial charge in [0.2, 0.25) is 0 Å². The summed E-state index contributed by atoms with van der Waals surface area (Å²) in [6.07, 6.45) is -3.76. The van der Waals surface area contributed by atoms with Gasteiger partial charge >= 0.3 is 6.11 Å². The van der Waals surface area contributed by atoms with Gasteiger partial charge in [-0.25, -0.2) is 17.6 Å². The summed E-state index contributed by atoms with van der Waals surface area (Å²) in [6.45, 7) is 0. The molecule has 1 nitrogen and oxygen atoms in total. The Morgan fingerprint density at radius 2 is 1.30 bits per heavy atom. The molecule has 0 radical (unpaired) electrons. The second-order valence-electron chi connectivity index (χ2n) is 6.58. The highest BCUT2D eigenvalue weighted by Gasteiger charge is 2.35. The van der Waals surface area contributed by atoms with Crippen LogP contribution in [0.15, 0.2) is 72.8 Å². The van der Waals surface area contributed by atoms with Crippen molar-refractivity contribution in [2.75, 3.05) is 0 Å². The zero-order chi connectivity index (χ0) is 21.5. The Morgan fingerprint density at radius 1 is 0.633 bits per heavy atom. The third-order valence-electron chi connectivity index (χ3n) is 4.57. The smallest absolute Gasteiger partial charge is 0.426 e. The van der Waals surface area contributed by atoms with E-state index in [1.165, 1.54) is 18.2 Å². The van der Waals surface area contributed by atoms with Gasteiger partial charge in [-0.2, -0.15) is 8.78 Å². The van der Waals surface area contributed by atoms with Crippen molar-refractivity contribution >= 4 is 10.8 Å². The van der Waals surface area contributed by atoms with E-state index in [1.807, 2.05) is 0 Å². The lowest BCUT2D eigenvalue weighted by Crippen LogP contribution is -2.21. The molecule has 152 valence electrons. The highest BCUT2D eigenvalue weighted by molar-refractivity contribution is 5.83. The lowest BCUT2D eigenvalue weighted by atomic mass is 10.0. The first-order chi connectivity index (χ1) is 14.2. The van der Waals surface area contributed by atoms with Crippen molar-refractivity contribution in [1.29, 1.82) is 0 Å². The van der Waals surface area contributed by atoms with E-state index in [-0.39, 0.29) is 11.1 Å². The number of rotatable bonds is 4. The van der Waals surface area contributed by atoms with Crippen LogP contribution < -0.4 is 4.74 Å². The minimum atomic E-state index is -3.76. The van der Waals surface area contributed by atoms with Crippen LogP contribution in [0.1, 0.15) is 5.56 Å². The number of hydrogen-bond acceptors (Lipinski definition) is 1. The molecule has 0 N–H and O–H groups in total. The summed E-state index contributed by atoms with van der Waals surface area (Å²) in [4.78, 5) is 0. The quantitative estimate of drug-likeness (QED) is 0.252. The van der Waals surface area contributed by atoms with Gasteiger partial charge < -0.3 is 4.74 Å². The fraction of sp³-hybridized carbons (Fsp3) is 0.0435. The lowest BCUT2D eigenvalue weighted by molar-refractivity contribution is -0.185. The van der Waals surface area contributed by atoms with Crippen LogP contribution in [-0.4, -0.2) is 0 Å². The summed E-state index contributed by atoms with van der Waals surface area (Å²) in [6, 6.07) is 14.9. The number of hydrogen-bond donors (Lipinski definition) is 0. The zero-order valence-electron chi connectivity index (χ0n) is 15.1. The van der Waals surface area contributed by atoms with Crippen molar-refractivity contribution in [2.24, 2.45) is 0 Å². The van der Waals surface area contributed by atoms with Gasteiger partial charge in [-0.05, 0) is 52.7 Å². The molecule has 0 unspecified atom stereocenters. The Morgan fingerprint density at radius 3 is 1.97 bits per heavy atom. The van der Waals surface area contributed by atoms with Crippen molar-refractivity contribution in [3.63, 3.8) is 0 Å². The summed E-state index contributed by atoms with van der Waals surface area (Å²) in [5.41, 5.74) is -1.00. The molecule has 0 atom stereocenters. The molecule has 7 heteroatoms. The third-order valence-corrected chi connectivity index (χ3v) is 4.57. The molecule has 0 spiro atoms. The van der Waals surface area contributed by atoms with Crippen LogP contribution in [0.2, 0.25) is 0 Å². The maximum absolute atomic E-state index is 14.6. The first-order valence-electron chi connectivity index (χ1n) is 8.75. The normalized spacial score (nSPS) is 11.7. The van der Waals surface area contributed by atoms with E-state index in [0.717, 1.165) is 17.5 Å². The predicted octanol–water partition coefficient (Wildman–Crippen LogP) is 7.19. The van der Waals surface area contributed by atoms with E-state index in [2.05, 4.69) is 0 Å². The second-order valence-corrected chi connectivity index (χ2v) is 6.58. The first kappa shape index (κ1) is 19.8. The molecule has 0 fully saturated rings. The molecule has 0 aliphatic heterocycles. The van der Waals surface area contributed by atoms with E-state index in [1.54, 1.807) is 24.3 Å². The van der Waals surface area contributed by atoms with E-state index in [0.29, 0.717) is 23.6 Å². The maximum atomic E-state index is 14.6. The van der Waals surface area contributed by atoms with Gasteiger partial charge in [0.25, 0.3) is 0 Å². The summed E-state index contributed by atoms with van der Waals surface area (Å²) in [5.74, 6) is -6.22. The number of halogens is 6. The number of fused-ring (bicyclic) bond motifs is 1. The zero-order valence-corrected chi connectivity index (χ0v) is 15.1. The van der Waals surface area contributed by atoms with Gasteiger partial charge in [-0.1, -0.05) is 30.3 Å².